The van der Waals surface area contributed by atoms with E-state index in [0.29, 0.717) is 115 Å². The molecule has 0 bridgehead atoms. The number of rotatable bonds is 15. The maximum absolute atomic E-state index is 13.4. The zero-order chi connectivity index (χ0) is 89.1. The highest BCUT2D eigenvalue weighted by molar-refractivity contribution is 5.83. The number of fused-ring (bicyclic) bond motifs is 20. The molecule has 16 aliphatic carbocycles. The van der Waals surface area contributed by atoms with Crippen LogP contribution in [0.15, 0.2) is 49.6 Å². The Morgan fingerprint density at radius 2 is 0.568 bits per heavy atom. The van der Waals surface area contributed by atoms with E-state index in [-0.39, 0.29) is 83.8 Å². The summed E-state index contributed by atoms with van der Waals surface area (Å²) in [6.45, 7) is 30.3. The van der Waals surface area contributed by atoms with Gasteiger partial charge in [0.2, 0.25) is 0 Å². The lowest BCUT2D eigenvalue weighted by Crippen LogP contribution is -2.53. The number of aliphatic hydroxyl groups is 4. The van der Waals surface area contributed by atoms with Crippen molar-refractivity contribution in [2.75, 3.05) is 6.67 Å². The molecule has 704 valence electrons. The Morgan fingerprint density at radius 1 is 0.320 bits per heavy atom. The van der Waals surface area contributed by atoms with Crippen LogP contribution in [0.2, 0.25) is 0 Å². The van der Waals surface area contributed by atoms with Crippen molar-refractivity contribution in [3.8, 4) is 0 Å². The summed E-state index contributed by atoms with van der Waals surface area (Å²) in [7, 11) is 0. The molecule has 0 saturated heterocycles. The fourth-order valence-electron chi connectivity index (χ4n) is 33.0. The molecular weight excluding hydrogens is 1580 g/mol. The topological polar surface area (TPSA) is 272 Å². The molecule has 16 aliphatic rings. The third-order valence-electron chi connectivity index (χ3n) is 38.4. The fourth-order valence-corrected chi connectivity index (χ4v) is 33.0. The van der Waals surface area contributed by atoms with E-state index in [0.717, 1.165) is 169 Å². The first-order valence-electron chi connectivity index (χ1n) is 50.8. The van der Waals surface area contributed by atoms with Crippen LogP contribution in [0.5, 0.6) is 0 Å². The molecule has 0 aromatic carbocycles. The third-order valence-corrected chi connectivity index (χ3v) is 38.4. The van der Waals surface area contributed by atoms with Crippen molar-refractivity contribution in [1.29, 1.82) is 0 Å². The first-order valence-corrected chi connectivity index (χ1v) is 50.8. The smallest absolute Gasteiger partial charge is 0.266 e. The Balaban J connectivity index is 0.000000147. The van der Waals surface area contributed by atoms with Gasteiger partial charge in [0, 0.05) is 23.7 Å². The molecule has 16 fully saturated rings. The lowest BCUT2D eigenvalue weighted by atomic mass is 9.48. The number of Topliss-reactive ketones (excluding diaryl/α,β-unsaturated/α-hetero) is 4. The van der Waals surface area contributed by atoms with E-state index in [1.807, 2.05) is 62.3 Å². The molecule has 20 rings (SSSR count). The molecule has 4 aromatic rings. The summed E-state index contributed by atoms with van der Waals surface area (Å²) in [5.41, 5.74) is -3.21. The fraction of sp³-hybridized carbons (Fsp3) is 0.882. The van der Waals surface area contributed by atoms with Gasteiger partial charge in [-0.2, -0.15) is 60.0 Å². The molecule has 4 aromatic heterocycles. The Bertz CT molecular complexity index is 3920. The second-order valence-electron chi connectivity index (χ2n) is 43.4. The number of alkyl halides is 3. The number of halogens is 3. The van der Waals surface area contributed by atoms with Crippen molar-refractivity contribution in [1.82, 2.24) is 60.0 Å². The van der Waals surface area contributed by atoms with Crippen LogP contribution in [0.4, 0.5) is 13.2 Å². The molecule has 0 spiro atoms. The van der Waals surface area contributed by atoms with Crippen molar-refractivity contribution in [2.24, 2.45) is 164 Å². The first-order chi connectivity index (χ1) is 59.6. The van der Waals surface area contributed by atoms with Gasteiger partial charge in [-0.1, -0.05) is 97.4 Å². The van der Waals surface area contributed by atoms with Gasteiger partial charge in [0.25, 0.3) is 6.43 Å². The number of carbonyl (C=O) groups is 4. The van der Waals surface area contributed by atoms with Crippen molar-refractivity contribution < 1.29 is 52.8 Å². The van der Waals surface area contributed by atoms with Gasteiger partial charge in [-0.05, 0) is 385 Å². The van der Waals surface area contributed by atoms with Crippen LogP contribution in [-0.2, 0) is 45.4 Å². The second-order valence-corrected chi connectivity index (χ2v) is 43.4. The largest absolute Gasteiger partial charge is 0.390 e. The number of nitrogens with zero attached hydrogens (tertiary/aromatic N) is 12. The molecule has 4 N–H and O–H groups in total. The summed E-state index contributed by atoms with van der Waals surface area (Å²) in [4.78, 5) is 58.5. The summed E-state index contributed by atoms with van der Waals surface area (Å²) < 4.78 is 40.1. The molecule has 0 amide bonds. The van der Waals surface area contributed by atoms with Crippen LogP contribution in [-0.4, -0.2) is 139 Å². The van der Waals surface area contributed by atoms with Crippen LogP contribution < -0.4 is 0 Å². The van der Waals surface area contributed by atoms with Gasteiger partial charge < -0.3 is 20.4 Å². The Morgan fingerprint density at radius 3 is 0.848 bits per heavy atom. The zero-order valence-corrected chi connectivity index (χ0v) is 78.7. The maximum atomic E-state index is 13.4. The lowest BCUT2D eigenvalue weighted by molar-refractivity contribution is -0.160. The van der Waals surface area contributed by atoms with E-state index in [1.54, 1.807) is 59.2 Å². The van der Waals surface area contributed by atoms with Gasteiger partial charge in [-0.25, -0.2) is 13.2 Å². The van der Waals surface area contributed by atoms with E-state index >= 15 is 0 Å². The number of hydrogen-bond acceptors (Lipinski definition) is 16. The zero-order valence-electron chi connectivity index (χ0n) is 78.7. The van der Waals surface area contributed by atoms with Gasteiger partial charge in [0.15, 0.2) is 23.1 Å². The van der Waals surface area contributed by atoms with E-state index in [2.05, 4.69) is 75.4 Å². The van der Waals surface area contributed by atoms with Crippen molar-refractivity contribution in [2.45, 2.75) is 397 Å². The maximum Gasteiger partial charge on any atom is 0.266 e. The minimum atomic E-state index is -2.64. The highest BCUT2D eigenvalue weighted by Gasteiger charge is 2.65. The number of ketones is 4. The van der Waals surface area contributed by atoms with Crippen molar-refractivity contribution in [3.05, 3.63) is 49.6 Å². The van der Waals surface area contributed by atoms with Gasteiger partial charge in [-0.3, -0.25) is 19.2 Å². The van der Waals surface area contributed by atoms with Gasteiger partial charge >= 0.3 is 0 Å². The minimum absolute atomic E-state index is 0. The lowest BCUT2D eigenvalue weighted by Gasteiger charge is -2.57. The van der Waals surface area contributed by atoms with E-state index in [9.17, 15) is 52.8 Å². The van der Waals surface area contributed by atoms with E-state index in [1.165, 1.54) is 99.5 Å². The average molecular weight is 1750 g/mol. The predicted molar refractivity (Wildman–Crippen MR) is 482 cm³/mol. The van der Waals surface area contributed by atoms with Gasteiger partial charge in [-0.15, -0.1) is 0 Å². The molecule has 125 heavy (non-hydrogen) atoms. The summed E-state index contributed by atoms with van der Waals surface area (Å²) in [5.74, 6) is 15.1. The Kier molecular flexibility index (Phi) is 32.7. The molecule has 23 heteroatoms. The van der Waals surface area contributed by atoms with Gasteiger partial charge in [0.05, 0.1) is 66.4 Å². The van der Waals surface area contributed by atoms with Crippen LogP contribution in [0, 0.1) is 164 Å². The minimum Gasteiger partial charge on any atom is -0.390 e. The Hall–Kier alpha value is -5.13. The number of hydrogen-bond donors (Lipinski definition) is 4. The Labute approximate surface area is 748 Å². The summed E-state index contributed by atoms with van der Waals surface area (Å²) >= 11 is 0. The van der Waals surface area contributed by atoms with Gasteiger partial charge in [0.1, 0.15) is 38.5 Å². The normalized spacial score (nSPS) is 43.5. The van der Waals surface area contributed by atoms with Crippen LogP contribution in [0.25, 0.3) is 0 Å². The quantitative estimate of drug-likeness (QED) is 0.0861. The molecule has 32 atom stereocenters. The molecule has 20 nitrogen and oxygen atoms in total. The summed E-state index contributed by atoms with van der Waals surface area (Å²) in [5, 5.41) is 75.3. The van der Waals surface area contributed by atoms with Crippen LogP contribution >= 0.6 is 0 Å². The molecule has 16 saturated carbocycles. The molecule has 12 unspecified atom stereocenters. The van der Waals surface area contributed by atoms with Crippen molar-refractivity contribution in [3.63, 3.8) is 0 Å². The molecule has 0 aliphatic heterocycles. The van der Waals surface area contributed by atoms with Crippen LogP contribution in [0.1, 0.15) is 342 Å². The highest BCUT2D eigenvalue weighted by atomic mass is 19.3. The van der Waals surface area contributed by atoms with E-state index in [4.69, 9.17) is 0 Å². The summed E-state index contributed by atoms with van der Waals surface area (Å²) in [6.07, 6.45) is 48.9. The summed E-state index contributed by atoms with van der Waals surface area (Å²) in [6, 6.07) is 0. The SMILES string of the molecule is C.CC.CC.CC.CC.CC[C@@]1(O)CC[C@@H]2C3CC[C@@]4(C)C(CC[C@@H]4C(=O)Cn4nccn4)C3CC[C@H]2C1.C[C@@]1(O)CC[C@@H]2C3CC[C@@]4(C)C(CC[C@@H]4C(=O)Cn4nccn4)C3CC[C@H]2C1.C[C@]12CCC3C(CC[C@H]4C[C@@](O)(C(F)F)CC[C@H]34)C1CC[C@@H]2C(=O)Cn1nccn1.C[C@]12CCC3C(CC[C@H]4C[C@@](O)(CF)CC[C@H]34)C1CC[C@@H]2C(=O)Cn1nccn1. The first kappa shape index (κ1) is 98.9. The second kappa shape index (κ2) is 41.3. The molecule has 4 heterocycles. The predicted octanol–water partition coefficient (Wildman–Crippen LogP) is 20.8. The monoisotopic (exact) mass is 1750 g/mol. The standard InChI is InChI=1S/C24H37N3O2.C23H33F2N3O2.C23H34FN3O2.C23H35N3O2.4C2H6.CH4/c1-3-24(29)11-9-17-16(14-24)4-5-19-18(17)8-10-23(2)20(19)6-7-21(23)22(28)15-27-25-12-13-26-27;1-22-8-6-16-15-7-9-23(30,21(24)25)12-14(15)2-3-17(16)18(22)4-5-19(22)20(29)13-28-26-10-11-27-28;1-22-8-6-17-16-7-9-23(29,14-24)12-15(16)2-3-18(17)19(22)4-5-20(22)21(28)13-27-25-10-11-26-27;1-22(28)9-7-16-15(13-22)3-4-18-17(16)8-10-23(2)19(18)5-6-20(23)21(27)14-26-24-11-12-25-26;4*1-2;/h12-13,16-21,29H,3-11,14-15H2,1-2H3;10-11,14-19,21,30H,2-9,12-13H2,1H3;10-11,15-20,29H,2-9,12-14H2,1H3;11-12,15-20,28H,3-10,13-14H2,1-2H3;4*1-2H3;1H4/t16-,17-,18?,19?,20?,21+,23-,24+;14-,15-,16?,17?,18?,19+,22-,23+;15-,16-,17?,18?,19?,20+,22-,23+;15-,16-,17?,18?,19?,20+,22+,23-;;;;;/m0000...../s1. The highest BCUT2D eigenvalue weighted by Crippen LogP contribution is 2.70. The molecular formula is C102H167F3N12O8. The number of carbonyl (C=O) groups excluding carboxylic acids is 4. The third kappa shape index (κ3) is 19.7. The van der Waals surface area contributed by atoms with E-state index < -0.39 is 35.5 Å². The van der Waals surface area contributed by atoms with Crippen LogP contribution in [0.3, 0.4) is 0 Å². The number of aromatic nitrogens is 12. The average Bonchev–Trinajstić information content (AvgIpc) is 1.65. The molecule has 0 radical (unpaired) electrons. The van der Waals surface area contributed by atoms with Crippen molar-refractivity contribution >= 4 is 23.1 Å².